The number of para-hydroxylation sites is 1. The molecule has 1 heterocycles. The summed E-state index contributed by atoms with van der Waals surface area (Å²) in [4.78, 5) is 15.8. The molecular formula is C18H20BrClN3O+. The third kappa shape index (κ3) is 4.50. The number of quaternary nitrogens is 1. The fourth-order valence-corrected chi connectivity index (χ4v) is 3.60. The minimum atomic E-state index is 0.0503. The normalized spacial score (nSPS) is 15.3. The molecule has 0 bridgehead atoms. The molecule has 2 aromatic rings. The first-order valence-electron chi connectivity index (χ1n) is 8.00. The summed E-state index contributed by atoms with van der Waals surface area (Å²) in [5, 5.41) is 3.74. The number of nitrogens with one attached hydrogen (secondary N) is 2. The van der Waals surface area contributed by atoms with Crippen LogP contribution in [0, 0.1) is 0 Å². The van der Waals surface area contributed by atoms with Crippen LogP contribution in [-0.4, -0.2) is 38.6 Å². The first-order valence-corrected chi connectivity index (χ1v) is 9.17. The fourth-order valence-electron chi connectivity index (χ4n) is 2.95. The number of anilines is 2. The number of nitrogens with zero attached hydrogens (tertiary/aromatic N) is 1. The minimum Gasteiger partial charge on any atom is -0.359 e. The van der Waals surface area contributed by atoms with E-state index in [1.54, 1.807) is 0 Å². The topological polar surface area (TPSA) is 36.8 Å². The molecule has 1 aliphatic heterocycles. The van der Waals surface area contributed by atoms with E-state index < -0.39 is 0 Å². The second-order valence-corrected chi connectivity index (χ2v) is 7.25. The largest absolute Gasteiger partial charge is 0.359 e. The lowest BCUT2D eigenvalue weighted by Gasteiger charge is -2.33. The Labute approximate surface area is 155 Å². The molecule has 0 aromatic heterocycles. The van der Waals surface area contributed by atoms with Crippen LogP contribution in [0.1, 0.15) is 0 Å². The van der Waals surface area contributed by atoms with Crippen LogP contribution in [0.3, 0.4) is 0 Å². The van der Waals surface area contributed by atoms with Crippen LogP contribution in [0.4, 0.5) is 11.4 Å². The summed E-state index contributed by atoms with van der Waals surface area (Å²) in [5.74, 6) is 0.0503. The Morgan fingerprint density at radius 2 is 1.92 bits per heavy atom. The molecule has 1 amide bonds. The summed E-state index contributed by atoms with van der Waals surface area (Å²) in [6.45, 7) is 4.16. The highest BCUT2D eigenvalue weighted by Gasteiger charge is 2.23. The maximum absolute atomic E-state index is 12.2. The Kier molecular flexibility index (Phi) is 5.76. The highest BCUT2D eigenvalue weighted by Crippen LogP contribution is 2.24. The average molecular weight is 410 g/mol. The molecule has 0 radical (unpaired) electrons. The van der Waals surface area contributed by atoms with E-state index in [0.29, 0.717) is 6.54 Å². The molecule has 1 fully saturated rings. The summed E-state index contributed by atoms with van der Waals surface area (Å²) in [6.07, 6.45) is 0. The third-order valence-electron chi connectivity index (χ3n) is 4.18. The molecule has 1 saturated heterocycles. The molecule has 24 heavy (non-hydrogen) atoms. The van der Waals surface area contributed by atoms with Gasteiger partial charge in [-0.1, -0.05) is 45.7 Å². The molecular weight excluding hydrogens is 390 g/mol. The lowest BCUT2D eigenvalue weighted by molar-refractivity contribution is -0.892. The van der Waals surface area contributed by atoms with E-state index in [2.05, 4.69) is 26.1 Å². The fraction of sp³-hybridized carbons (Fsp3) is 0.278. The molecule has 126 valence electrons. The van der Waals surface area contributed by atoms with Gasteiger partial charge in [-0.15, -0.1) is 0 Å². The van der Waals surface area contributed by atoms with Crippen molar-refractivity contribution in [2.45, 2.75) is 0 Å². The van der Waals surface area contributed by atoms with E-state index in [0.717, 1.165) is 47.0 Å². The Hall–Kier alpha value is -1.56. The van der Waals surface area contributed by atoms with Crippen LogP contribution in [0.2, 0.25) is 5.02 Å². The maximum atomic E-state index is 12.2. The molecule has 3 rings (SSSR count). The van der Waals surface area contributed by atoms with Gasteiger partial charge in [0.15, 0.2) is 6.54 Å². The minimum absolute atomic E-state index is 0.0503. The summed E-state index contributed by atoms with van der Waals surface area (Å²) >= 11 is 9.68. The number of hydrogen-bond donors (Lipinski definition) is 2. The van der Waals surface area contributed by atoms with E-state index in [1.165, 1.54) is 4.90 Å². The number of benzene rings is 2. The van der Waals surface area contributed by atoms with E-state index in [9.17, 15) is 4.79 Å². The van der Waals surface area contributed by atoms with Crippen LogP contribution in [-0.2, 0) is 4.79 Å². The Balaban J connectivity index is 1.50. The van der Waals surface area contributed by atoms with Gasteiger partial charge in [-0.05, 0) is 30.3 Å². The van der Waals surface area contributed by atoms with Gasteiger partial charge in [-0.3, -0.25) is 4.79 Å². The molecule has 0 saturated carbocycles. The number of carbonyl (C=O) groups excluding carboxylic acids is 1. The highest BCUT2D eigenvalue weighted by atomic mass is 79.9. The standard InChI is InChI=1S/C18H19BrClN3O/c19-14-4-3-5-15(12-14)21-18(24)13-22-8-10-23(11-9-22)17-7-2-1-6-16(17)20/h1-7,12H,8-11,13H2,(H,21,24)/p+1. The van der Waals surface area contributed by atoms with Crippen molar-refractivity contribution in [1.82, 2.24) is 0 Å². The van der Waals surface area contributed by atoms with Gasteiger partial charge in [0.25, 0.3) is 5.91 Å². The molecule has 0 atom stereocenters. The molecule has 0 spiro atoms. The molecule has 4 nitrogen and oxygen atoms in total. The lowest BCUT2D eigenvalue weighted by Crippen LogP contribution is -3.15. The molecule has 1 aliphatic rings. The Bertz CT molecular complexity index is 717. The van der Waals surface area contributed by atoms with E-state index in [-0.39, 0.29) is 5.91 Å². The van der Waals surface area contributed by atoms with E-state index in [1.807, 2.05) is 48.5 Å². The summed E-state index contributed by atoms with van der Waals surface area (Å²) in [6, 6.07) is 15.6. The smallest absolute Gasteiger partial charge is 0.279 e. The van der Waals surface area contributed by atoms with Gasteiger partial charge < -0.3 is 15.1 Å². The number of piperazine rings is 1. The summed E-state index contributed by atoms with van der Waals surface area (Å²) < 4.78 is 0.959. The van der Waals surface area contributed by atoms with Crippen LogP contribution in [0.25, 0.3) is 0 Å². The predicted molar refractivity (Wildman–Crippen MR) is 102 cm³/mol. The van der Waals surface area contributed by atoms with Gasteiger partial charge in [0.1, 0.15) is 0 Å². The predicted octanol–water partition coefficient (Wildman–Crippen LogP) is 2.45. The van der Waals surface area contributed by atoms with Gasteiger partial charge in [-0.25, -0.2) is 0 Å². The molecule has 0 unspecified atom stereocenters. The van der Waals surface area contributed by atoms with Crippen LogP contribution < -0.4 is 15.1 Å². The number of carbonyl (C=O) groups is 1. The van der Waals surface area contributed by atoms with Crippen LogP contribution in [0.15, 0.2) is 53.0 Å². The first kappa shape index (κ1) is 17.3. The van der Waals surface area contributed by atoms with Crippen LogP contribution in [0.5, 0.6) is 0 Å². The van der Waals surface area contributed by atoms with Crippen molar-refractivity contribution in [3.8, 4) is 0 Å². The lowest BCUT2D eigenvalue weighted by atomic mass is 10.2. The zero-order chi connectivity index (χ0) is 16.9. The zero-order valence-corrected chi connectivity index (χ0v) is 15.6. The van der Waals surface area contributed by atoms with Crippen molar-refractivity contribution in [1.29, 1.82) is 0 Å². The van der Waals surface area contributed by atoms with Gasteiger partial charge in [-0.2, -0.15) is 0 Å². The van der Waals surface area contributed by atoms with E-state index >= 15 is 0 Å². The molecule has 6 heteroatoms. The van der Waals surface area contributed by atoms with Crippen molar-refractivity contribution >= 4 is 44.8 Å². The third-order valence-corrected chi connectivity index (χ3v) is 5.00. The zero-order valence-electron chi connectivity index (χ0n) is 13.3. The average Bonchev–Trinajstić information content (AvgIpc) is 2.56. The van der Waals surface area contributed by atoms with Crippen LogP contribution >= 0.6 is 27.5 Å². The monoisotopic (exact) mass is 408 g/mol. The second kappa shape index (κ2) is 8.01. The number of amides is 1. The molecule has 2 N–H and O–H groups in total. The van der Waals surface area contributed by atoms with Crippen molar-refractivity contribution in [3.63, 3.8) is 0 Å². The molecule has 2 aromatic carbocycles. The number of hydrogen-bond acceptors (Lipinski definition) is 2. The molecule has 0 aliphatic carbocycles. The quantitative estimate of drug-likeness (QED) is 0.814. The van der Waals surface area contributed by atoms with Crippen molar-refractivity contribution < 1.29 is 9.69 Å². The second-order valence-electron chi connectivity index (χ2n) is 5.92. The van der Waals surface area contributed by atoms with Gasteiger partial charge >= 0.3 is 0 Å². The maximum Gasteiger partial charge on any atom is 0.279 e. The number of halogens is 2. The van der Waals surface area contributed by atoms with Crippen molar-refractivity contribution in [2.75, 3.05) is 42.9 Å². The summed E-state index contributed by atoms with van der Waals surface area (Å²) in [5.41, 5.74) is 1.90. The van der Waals surface area contributed by atoms with Gasteiger partial charge in [0.2, 0.25) is 0 Å². The summed E-state index contributed by atoms with van der Waals surface area (Å²) in [7, 11) is 0. The first-order chi connectivity index (χ1) is 11.6. The number of rotatable bonds is 4. The van der Waals surface area contributed by atoms with E-state index in [4.69, 9.17) is 11.6 Å². The van der Waals surface area contributed by atoms with Gasteiger partial charge in [0, 0.05) is 10.2 Å². The van der Waals surface area contributed by atoms with Crippen molar-refractivity contribution in [2.24, 2.45) is 0 Å². The SMILES string of the molecule is O=C(C[NH+]1CCN(c2ccccc2Cl)CC1)Nc1cccc(Br)c1. The Morgan fingerprint density at radius 3 is 2.62 bits per heavy atom. The highest BCUT2D eigenvalue weighted by molar-refractivity contribution is 9.10. The Morgan fingerprint density at radius 1 is 1.17 bits per heavy atom. The van der Waals surface area contributed by atoms with Crippen molar-refractivity contribution in [3.05, 3.63) is 58.0 Å². The van der Waals surface area contributed by atoms with Gasteiger partial charge in [0.05, 0.1) is 36.9 Å².